The molecule has 0 aliphatic rings. The molecule has 1 amide bonds. The van der Waals surface area contributed by atoms with Crippen molar-refractivity contribution in [1.29, 1.82) is 0 Å². The van der Waals surface area contributed by atoms with Crippen LogP contribution in [-0.2, 0) is 10.0 Å². The number of carbonyl (C=O) groups excluding carboxylic acids is 1. The number of methoxy groups -OCH3 is 1. The van der Waals surface area contributed by atoms with Crippen LogP contribution in [0.1, 0.15) is 16.6 Å². The van der Waals surface area contributed by atoms with Gasteiger partial charge in [-0.25, -0.2) is 13.4 Å². The molecule has 7 nitrogen and oxygen atoms in total. The van der Waals surface area contributed by atoms with Gasteiger partial charge in [-0.2, -0.15) is 0 Å². The predicted octanol–water partition coefficient (Wildman–Crippen LogP) is 3.89. The van der Waals surface area contributed by atoms with Gasteiger partial charge in [0.25, 0.3) is 5.91 Å². The first kappa shape index (κ1) is 19.3. The first-order valence-corrected chi connectivity index (χ1v) is 11.3. The third kappa shape index (κ3) is 4.65. The summed E-state index contributed by atoms with van der Waals surface area (Å²) in [6.45, 7) is 1.54. The number of amides is 1. The van der Waals surface area contributed by atoms with E-state index in [0.717, 1.165) is 9.88 Å². The highest BCUT2D eigenvalue weighted by molar-refractivity contribution is 7.92. The SMILES string of the molecule is CCS(=O)(=O)Nc1ccc(NC(=O)c2cnc(-c3cccs3)s2)cc1OC. The maximum atomic E-state index is 12.5. The first-order valence-electron chi connectivity index (χ1n) is 7.91. The summed E-state index contributed by atoms with van der Waals surface area (Å²) in [5.41, 5.74) is 0.803. The number of aromatic nitrogens is 1. The third-order valence-corrected chi connectivity index (χ3v) is 6.89. The van der Waals surface area contributed by atoms with Gasteiger partial charge in [0.15, 0.2) is 0 Å². The minimum Gasteiger partial charge on any atom is -0.494 e. The number of thiophene rings is 1. The predicted molar refractivity (Wildman–Crippen MR) is 109 cm³/mol. The van der Waals surface area contributed by atoms with E-state index in [2.05, 4.69) is 15.0 Å². The average Bonchev–Trinajstić information content (AvgIpc) is 3.34. The van der Waals surface area contributed by atoms with Crippen molar-refractivity contribution in [3.05, 3.63) is 46.8 Å². The molecule has 142 valence electrons. The van der Waals surface area contributed by atoms with Crippen LogP contribution in [0, 0.1) is 0 Å². The highest BCUT2D eigenvalue weighted by Gasteiger charge is 2.15. The lowest BCUT2D eigenvalue weighted by molar-refractivity contribution is 0.103. The largest absolute Gasteiger partial charge is 0.494 e. The Morgan fingerprint density at radius 2 is 2.11 bits per heavy atom. The summed E-state index contributed by atoms with van der Waals surface area (Å²) < 4.78 is 31.2. The second-order valence-corrected chi connectivity index (χ2v) is 9.37. The van der Waals surface area contributed by atoms with E-state index in [9.17, 15) is 13.2 Å². The Bertz CT molecular complexity index is 1040. The van der Waals surface area contributed by atoms with E-state index in [-0.39, 0.29) is 11.7 Å². The molecule has 0 saturated carbocycles. The maximum Gasteiger partial charge on any atom is 0.267 e. The van der Waals surface area contributed by atoms with Gasteiger partial charge in [0, 0.05) is 11.8 Å². The van der Waals surface area contributed by atoms with Gasteiger partial charge in [0.05, 0.1) is 29.6 Å². The fourth-order valence-electron chi connectivity index (χ4n) is 2.18. The molecule has 2 N–H and O–H groups in total. The number of sulfonamides is 1. The van der Waals surface area contributed by atoms with Crippen molar-refractivity contribution in [2.45, 2.75) is 6.92 Å². The molecule has 27 heavy (non-hydrogen) atoms. The van der Waals surface area contributed by atoms with Gasteiger partial charge in [-0.15, -0.1) is 22.7 Å². The molecule has 1 aromatic carbocycles. The van der Waals surface area contributed by atoms with Crippen molar-refractivity contribution in [3.8, 4) is 15.6 Å². The fourth-order valence-corrected chi connectivity index (χ4v) is 4.44. The van der Waals surface area contributed by atoms with E-state index in [1.54, 1.807) is 36.5 Å². The molecule has 0 aliphatic heterocycles. The van der Waals surface area contributed by atoms with Crippen LogP contribution in [-0.4, -0.2) is 32.2 Å². The quantitative estimate of drug-likeness (QED) is 0.601. The van der Waals surface area contributed by atoms with Gasteiger partial charge in [0.1, 0.15) is 15.6 Å². The number of hydrogen-bond donors (Lipinski definition) is 2. The Kier molecular flexibility index (Phi) is 5.78. The summed E-state index contributed by atoms with van der Waals surface area (Å²) in [7, 11) is -1.99. The minimum atomic E-state index is -3.43. The molecule has 3 rings (SSSR count). The third-order valence-electron chi connectivity index (χ3n) is 3.57. The highest BCUT2D eigenvalue weighted by atomic mass is 32.2. The number of benzene rings is 1. The lowest BCUT2D eigenvalue weighted by atomic mass is 10.2. The Labute approximate surface area is 165 Å². The smallest absolute Gasteiger partial charge is 0.267 e. The number of hydrogen-bond acceptors (Lipinski definition) is 7. The molecule has 0 radical (unpaired) electrons. The van der Waals surface area contributed by atoms with Crippen molar-refractivity contribution in [2.24, 2.45) is 0 Å². The van der Waals surface area contributed by atoms with E-state index in [1.165, 1.54) is 24.6 Å². The van der Waals surface area contributed by atoms with Crippen LogP contribution in [0.5, 0.6) is 5.75 Å². The molecule has 0 fully saturated rings. The van der Waals surface area contributed by atoms with E-state index < -0.39 is 10.0 Å². The highest BCUT2D eigenvalue weighted by Crippen LogP contribution is 2.31. The van der Waals surface area contributed by atoms with Crippen molar-refractivity contribution in [2.75, 3.05) is 22.9 Å². The van der Waals surface area contributed by atoms with Gasteiger partial charge >= 0.3 is 0 Å². The Morgan fingerprint density at radius 3 is 2.78 bits per heavy atom. The van der Waals surface area contributed by atoms with Crippen LogP contribution in [0.25, 0.3) is 9.88 Å². The number of carbonyl (C=O) groups is 1. The van der Waals surface area contributed by atoms with Crippen molar-refractivity contribution < 1.29 is 17.9 Å². The molecule has 0 atom stereocenters. The van der Waals surface area contributed by atoms with Crippen LogP contribution in [0.4, 0.5) is 11.4 Å². The van der Waals surface area contributed by atoms with Gasteiger partial charge in [-0.1, -0.05) is 6.07 Å². The number of anilines is 2. The second kappa shape index (κ2) is 8.07. The van der Waals surface area contributed by atoms with Gasteiger partial charge in [0.2, 0.25) is 10.0 Å². The molecular formula is C17H17N3O4S3. The maximum absolute atomic E-state index is 12.5. The Morgan fingerprint density at radius 1 is 1.30 bits per heavy atom. The Hall–Kier alpha value is -2.43. The van der Waals surface area contributed by atoms with E-state index in [1.807, 2.05) is 17.5 Å². The van der Waals surface area contributed by atoms with Gasteiger partial charge in [-0.05, 0) is 30.5 Å². The normalized spacial score (nSPS) is 11.2. The summed E-state index contributed by atoms with van der Waals surface area (Å²) in [4.78, 5) is 18.2. The zero-order valence-corrected chi connectivity index (χ0v) is 17.0. The molecule has 0 saturated heterocycles. The average molecular weight is 424 g/mol. The van der Waals surface area contributed by atoms with Crippen LogP contribution in [0.2, 0.25) is 0 Å². The van der Waals surface area contributed by atoms with Gasteiger partial charge < -0.3 is 10.1 Å². The molecule has 0 spiro atoms. The number of ether oxygens (including phenoxy) is 1. The van der Waals surface area contributed by atoms with E-state index in [0.29, 0.717) is 22.0 Å². The molecule has 0 aliphatic carbocycles. The molecule has 2 aromatic heterocycles. The van der Waals surface area contributed by atoms with E-state index in [4.69, 9.17) is 4.74 Å². The summed E-state index contributed by atoms with van der Waals surface area (Å²) in [6.07, 6.45) is 1.54. The van der Waals surface area contributed by atoms with E-state index >= 15 is 0 Å². The van der Waals surface area contributed by atoms with Crippen LogP contribution in [0.15, 0.2) is 41.9 Å². The van der Waals surface area contributed by atoms with Crippen molar-refractivity contribution >= 4 is 50.0 Å². The molecule has 2 heterocycles. The summed E-state index contributed by atoms with van der Waals surface area (Å²) in [5.74, 6) is -0.0280. The first-order chi connectivity index (χ1) is 12.9. The van der Waals surface area contributed by atoms with Crippen LogP contribution in [0.3, 0.4) is 0 Å². The van der Waals surface area contributed by atoms with Crippen LogP contribution >= 0.6 is 22.7 Å². The number of thiazole rings is 1. The van der Waals surface area contributed by atoms with Crippen molar-refractivity contribution in [3.63, 3.8) is 0 Å². The molecule has 0 bridgehead atoms. The Balaban J connectivity index is 1.76. The lowest BCUT2D eigenvalue weighted by Gasteiger charge is -2.12. The second-order valence-electron chi connectivity index (χ2n) is 5.38. The molecule has 0 unspecified atom stereocenters. The monoisotopic (exact) mass is 423 g/mol. The van der Waals surface area contributed by atoms with Crippen molar-refractivity contribution in [1.82, 2.24) is 4.98 Å². The molecular weight excluding hydrogens is 406 g/mol. The standard InChI is InChI=1S/C17H17N3O4S3/c1-3-27(22,23)20-12-7-6-11(9-13(12)24-2)19-16(21)15-10-18-17(26-15)14-5-4-8-25-14/h4-10,20H,3H2,1-2H3,(H,19,21). The zero-order valence-electron chi connectivity index (χ0n) is 14.6. The molecule has 3 aromatic rings. The number of nitrogens with zero attached hydrogens (tertiary/aromatic N) is 1. The zero-order chi connectivity index (χ0) is 19.4. The summed E-state index contributed by atoms with van der Waals surface area (Å²) in [5, 5.41) is 5.52. The number of rotatable bonds is 7. The fraction of sp³-hybridized carbons (Fsp3) is 0.176. The van der Waals surface area contributed by atoms with Crippen LogP contribution < -0.4 is 14.8 Å². The summed E-state index contributed by atoms with van der Waals surface area (Å²) >= 11 is 2.87. The topological polar surface area (TPSA) is 97.4 Å². The number of nitrogens with one attached hydrogen (secondary N) is 2. The molecule has 10 heteroatoms. The van der Waals surface area contributed by atoms with Gasteiger partial charge in [-0.3, -0.25) is 9.52 Å². The summed E-state index contributed by atoms with van der Waals surface area (Å²) in [6, 6.07) is 8.60. The minimum absolute atomic E-state index is 0.0490. The lowest BCUT2D eigenvalue weighted by Crippen LogP contribution is -2.15.